The highest BCUT2D eigenvalue weighted by molar-refractivity contribution is 5.84. The molecule has 0 spiro atoms. The Labute approximate surface area is 183 Å². The third-order valence-electron chi connectivity index (χ3n) is 5.69. The molecule has 5 heteroatoms. The molecular weight excluding hydrogens is 376 g/mol. The number of anilines is 1. The van der Waals surface area contributed by atoms with Crippen LogP contribution >= 0.6 is 0 Å². The first-order valence-corrected chi connectivity index (χ1v) is 12.2. The molecule has 0 unspecified atom stereocenters. The van der Waals surface area contributed by atoms with Crippen LogP contribution in [0, 0.1) is 0 Å². The van der Waals surface area contributed by atoms with Gasteiger partial charge in [-0.3, -0.25) is 10.2 Å². The molecule has 1 fully saturated rings. The van der Waals surface area contributed by atoms with Crippen LogP contribution in [0.5, 0.6) is 5.75 Å². The molecule has 2 rings (SSSR count). The first-order chi connectivity index (χ1) is 14.8. The zero-order valence-corrected chi connectivity index (χ0v) is 19.0. The van der Waals surface area contributed by atoms with Gasteiger partial charge in [-0.05, 0) is 44.5 Å². The molecule has 1 saturated heterocycles. The van der Waals surface area contributed by atoms with Gasteiger partial charge in [0, 0.05) is 18.3 Å². The van der Waals surface area contributed by atoms with Crippen LogP contribution in [0.15, 0.2) is 24.3 Å². The predicted molar refractivity (Wildman–Crippen MR) is 124 cm³/mol. The first-order valence-electron chi connectivity index (χ1n) is 12.2. The van der Waals surface area contributed by atoms with E-state index < -0.39 is 6.09 Å². The normalized spacial score (nSPS) is 14.8. The number of rotatable bonds is 14. The third kappa shape index (κ3) is 11.4. The highest BCUT2D eigenvalue weighted by atomic mass is 16.5. The second-order valence-electron chi connectivity index (χ2n) is 8.37. The molecule has 1 aromatic rings. The van der Waals surface area contributed by atoms with Crippen LogP contribution in [-0.2, 0) is 4.74 Å². The minimum absolute atomic E-state index is 0.398. The summed E-state index contributed by atoms with van der Waals surface area (Å²) >= 11 is 0. The molecule has 1 aliphatic heterocycles. The zero-order chi connectivity index (χ0) is 21.3. The number of unbranched alkanes of at least 4 members (excludes halogenated alkanes) is 7. The van der Waals surface area contributed by atoms with Crippen molar-refractivity contribution in [3.63, 3.8) is 0 Å². The maximum absolute atomic E-state index is 12.1. The molecule has 5 nitrogen and oxygen atoms in total. The van der Waals surface area contributed by atoms with Crippen LogP contribution in [0.4, 0.5) is 10.5 Å². The smallest absolute Gasteiger partial charge is 0.411 e. The van der Waals surface area contributed by atoms with E-state index in [1.165, 1.54) is 70.6 Å². The van der Waals surface area contributed by atoms with Crippen molar-refractivity contribution in [1.82, 2.24) is 4.90 Å². The maximum Gasteiger partial charge on any atom is 0.411 e. The van der Waals surface area contributed by atoms with E-state index in [1.54, 1.807) is 0 Å². The average molecular weight is 419 g/mol. The van der Waals surface area contributed by atoms with Crippen molar-refractivity contribution < 1.29 is 14.3 Å². The van der Waals surface area contributed by atoms with Gasteiger partial charge in [-0.2, -0.15) is 0 Å². The fourth-order valence-corrected chi connectivity index (χ4v) is 3.87. The molecular formula is C25H42N2O3. The van der Waals surface area contributed by atoms with Gasteiger partial charge in [-0.15, -0.1) is 0 Å². The number of hydrogen-bond acceptors (Lipinski definition) is 4. The van der Waals surface area contributed by atoms with Crippen molar-refractivity contribution in [2.24, 2.45) is 0 Å². The molecule has 0 aromatic heterocycles. The Morgan fingerprint density at radius 1 is 0.933 bits per heavy atom. The topological polar surface area (TPSA) is 50.8 Å². The van der Waals surface area contributed by atoms with Gasteiger partial charge in [-0.1, -0.05) is 70.8 Å². The van der Waals surface area contributed by atoms with Gasteiger partial charge in [0.1, 0.15) is 12.4 Å². The van der Waals surface area contributed by atoms with E-state index in [-0.39, 0.29) is 0 Å². The number of nitrogens with zero attached hydrogens (tertiary/aromatic N) is 1. The molecule has 30 heavy (non-hydrogen) atoms. The van der Waals surface area contributed by atoms with Crippen molar-refractivity contribution in [3.8, 4) is 5.75 Å². The van der Waals surface area contributed by atoms with E-state index in [0.29, 0.717) is 12.3 Å². The molecule has 0 aliphatic carbocycles. The number of hydrogen-bond donors (Lipinski definition) is 1. The summed E-state index contributed by atoms with van der Waals surface area (Å²) in [5.74, 6) is 0.792. The summed E-state index contributed by atoms with van der Waals surface area (Å²) in [5.41, 5.74) is 0.711. The average Bonchev–Trinajstić information content (AvgIpc) is 3.02. The number of likely N-dealkylation sites (tertiary alicyclic amines) is 1. The second kappa shape index (κ2) is 16.0. The molecule has 170 valence electrons. The van der Waals surface area contributed by atoms with E-state index in [2.05, 4.69) is 17.1 Å². The van der Waals surface area contributed by atoms with Crippen LogP contribution < -0.4 is 10.1 Å². The van der Waals surface area contributed by atoms with Crippen molar-refractivity contribution in [3.05, 3.63) is 24.3 Å². The molecule has 1 heterocycles. The van der Waals surface area contributed by atoms with E-state index in [9.17, 15) is 4.79 Å². The van der Waals surface area contributed by atoms with Crippen molar-refractivity contribution in [2.75, 3.05) is 38.2 Å². The first kappa shape index (κ1) is 24.5. The van der Waals surface area contributed by atoms with Crippen molar-refractivity contribution >= 4 is 11.8 Å². The largest absolute Gasteiger partial charge is 0.494 e. The van der Waals surface area contributed by atoms with Gasteiger partial charge in [0.05, 0.1) is 6.61 Å². The quantitative estimate of drug-likeness (QED) is 0.344. The Balaban J connectivity index is 1.56. The van der Waals surface area contributed by atoms with Gasteiger partial charge >= 0.3 is 6.09 Å². The van der Waals surface area contributed by atoms with E-state index in [0.717, 1.165) is 38.4 Å². The summed E-state index contributed by atoms with van der Waals surface area (Å²) in [6, 6.07) is 7.55. The van der Waals surface area contributed by atoms with Crippen LogP contribution in [-0.4, -0.2) is 43.8 Å². The van der Waals surface area contributed by atoms with E-state index >= 15 is 0 Å². The molecule has 0 radical (unpaired) electrons. The lowest BCUT2D eigenvalue weighted by atomic mass is 10.1. The number of carbonyl (C=O) groups excluding carboxylic acids is 1. The molecule has 1 N–H and O–H groups in total. The monoisotopic (exact) mass is 418 g/mol. The summed E-state index contributed by atoms with van der Waals surface area (Å²) in [6.45, 7) is 6.45. The van der Waals surface area contributed by atoms with E-state index in [4.69, 9.17) is 9.47 Å². The molecule has 0 atom stereocenters. The zero-order valence-electron chi connectivity index (χ0n) is 19.0. The Morgan fingerprint density at radius 2 is 1.63 bits per heavy atom. The number of benzene rings is 1. The Bertz CT molecular complexity index is 571. The van der Waals surface area contributed by atoms with Gasteiger partial charge in [-0.25, -0.2) is 4.79 Å². The predicted octanol–water partition coefficient (Wildman–Crippen LogP) is 6.63. The van der Waals surface area contributed by atoms with Gasteiger partial charge in [0.2, 0.25) is 0 Å². The molecule has 1 aromatic carbocycles. The summed E-state index contributed by atoms with van der Waals surface area (Å²) in [7, 11) is 0. The maximum atomic E-state index is 12.1. The highest BCUT2D eigenvalue weighted by Crippen LogP contribution is 2.18. The van der Waals surface area contributed by atoms with Crippen LogP contribution in [0.25, 0.3) is 0 Å². The number of ether oxygens (including phenoxy) is 2. The lowest BCUT2D eigenvalue weighted by molar-refractivity contribution is 0.140. The van der Waals surface area contributed by atoms with Crippen molar-refractivity contribution in [1.29, 1.82) is 0 Å². The van der Waals surface area contributed by atoms with E-state index in [1.807, 2.05) is 24.3 Å². The molecule has 0 saturated carbocycles. The second-order valence-corrected chi connectivity index (χ2v) is 8.37. The van der Waals surface area contributed by atoms with Crippen LogP contribution in [0.2, 0.25) is 0 Å². The fraction of sp³-hybridized carbons (Fsp3) is 0.720. The minimum atomic E-state index is -0.398. The molecule has 1 aliphatic rings. The Kier molecular flexibility index (Phi) is 13.1. The number of amides is 1. The molecule has 0 bridgehead atoms. The van der Waals surface area contributed by atoms with Gasteiger partial charge in [0.25, 0.3) is 0 Å². The van der Waals surface area contributed by atoms with Crippen LogP contribution in [0.1, 0.15) is 84.0 Å². The summed E-state index contributed by atoms with van der Waals surface area (Å²) in [5, 5.41) is 2.81. The van der Waals surface area contributed by atoms with Gasteiger partial charge in [0.15, 0.2) is 0 Å². The highest BCUT2D eigenvalue weighted by Gasteiger charge is 2.10. The standard InChI is InChI=1S/C25H42N2O3/c1-2-3-4-5-6-7-10-13-20-29-24-16-14-15-23(22-24)26-25(28)30-21-19-27-17-11-8-9-12-18-27/h14-16,22H,2-13,17-21H2,1H3,(H,26,28). The Hall–Kier alpha value is -1.75. The lowest BCUT2D eigenvalue weighted by Gasteiger charge is -2.19. The van der Waals surface area contributed by atoms with Crippen LogP contribution in [0.3, 0.4) is 0 Å². The summed E-state index contributed by atoms with van der Waals surface area (Å²) < 4.78 is 11.2. The fourth-order valence-electron chi connectivity index (χ4n) is 3.87. The lowest BCUT2D eigenvalue weighted by Crippen LogP contribution is -2.30. The number of carbonyl (C=O) groups is 1. The SMILES string of the molecule is CCCCCCCCCCOc1cccc(NC(=O)OCCN2CCCCCC2)c1. The summed E-state index contributed by atoms with van der Waals surface area (Å²) in [6.07, 6.45) is 15.0. The number of nitrogens with one attached hydrogen (secondary N) is 1. The Morgan fingerprint density at radius 3 is 2.37 bits per heavy atom. The van der Waals surface area contributed by atoms with Crippen molar-refractivity contribution in [2.45, 2.75) is 84.0 Å². The minimum Gasteiger partial charge on any atom is -0.494 e. The summed E-state index contributed by atoms with van der Waals surface area (Å²) in [4.78, 5) is 14.5. The van der Waals surface area contributed by atoms with Gasteiger partial charge < -0.3 is 9.47 Å². The third-order valence-corrected chi connectivity index (χ3v) is 5.69. The molecule has 1 amide bonds.